The van der Waals surface area contributed by atoms with Gasteiger partial charge in [-0.2, -0.15) is 5.26 Å². The van der Waals surface area contributed by atoms with Gasteiger partial charge in [-0.15, -0.1) is 0 Å². The molecule has 9 heteroatoms. The highest BCUT2D eigenvalue weighted by molar-refractivity contribution is 6.01. The second-order valence-corrected chi connectivity index (χ2v) is 11.4. The molecule has 8 nitrogen and oxygen atoms in total. The number of nitriles is 1. The van der Waals surface area contributed by atoms with Gasteiger partial charge in [-0.25, -0.2) is 4.39 Å². The van der Waals surface area contributed by atoms with Crippen LogP contribution in [0.5, 0.6) is 5.75 Å². The SMILES string of the molecule is CCC(=O)CCC(C(C)=O)N1Cc2c(OCc3ccc(CN4CCN(c5ccc(C#N)cc5F)CC4)cc3)cccc2C1=O. The summed E-state index contributed by atoms with van der Waals surface area (Å²) >= 11 is 0. The van der Waals surface area contributed by atoms with E-state index < -0.39 is 6.04 Å². The number of ketones is 2. The van der Waals surface area contributed by atoms with E-state index in [-0.39, 0.29) is 36.3 Å². The lowest BCUT2D eigenvalue weighted by atomic mass is 10.0. The Balaban J connectivity index is 1.15. The molecule has 1 unspecified atom stereocenters. The quantitative estimate of drug-likeness (QED) is 0.281. The Hall–Kier alpha value is -4.55. The van der Waals surface area contributed by atoms with Crippen molar-refractivity contribution in [3.8, 4) is 11.8 Å². The number of hydrogen-bond donors (Lipinski definition) is 0. The first-order chi connectivity index (χ1) is 21.3. The molecule has 0 spiro atoms. The van der Waals surface area contributed by atoms with E-state index in [9.17, 15) is 18.8 Å². The van der Waals surface area contributed by atoms with Gasteiger partial charge in [0.25, 0.3) is 5.91 Å². The first-order valence-corrected chi connectivity index (χ1v) is 15.1. The molecule has 44 heavy (non-hydrogen) atoms. The minimum atomic E-state index is -0.633. The van der Waals surface area contributed by atoms with Gasteiger partial charge in [0.05, 0.1) is 29.9 Å². The summed E-state index contributed by atoms with van der Waals surface area (Å²) in [6.07, 6.45) is 1.02. The molecule has 2 aliphatic heterocycles. The van der Waals surface area contributed by atoms with Gasteiger partial charge in [-0.05, 0) is 54.8 Å². The van der Waals surface area contributed by atoms with Gasteiger partial charge >= 0.3 is 0 Å². The van der Waals surface area contributed by atoms with Crippen molar-refractivity contribution in [2.75, 3.05) is 31.1 Å². The highest BCUT2D eigenvalue weighted by atomic mass is 19.1. The number of nitrogens with zero attached hydrogens (tertiary/aromatic N) is 4. The molecule has 1 amide bonds. The van der Waals surface area contributed by atoms with Crippen LogP contribution in [0.15, 0.2) is 60.7 Å². The van der Waals surface area contributed by atoms with Crippen LogP contribution in [0.4, 0.5) is 10.1 Å². The Bertz CT molecular complexity index is 1570. The van der Waals surface area contributed by atoms with Gasteiger partial charge in [-0.1, -0.05) is 37.3 Å². The topological polar surface area (TPSA) is 93.9 Å². The maximum absolute atomic E-state index is 14.4. The Labute approximate surface area is 257 Å². The Kier molecular flexibility index (Phi) is 9.71. The number of carbonyl (C=O) groups excluding carboxylic acids is 3. The monoisotopic (exact) mass is 596 g/mol. The molecule has 3 aromatic rings. The summed E-state index contributed by atoms with van der Waals surface area (Å²) in [5, 5.41) is 8.98. The van der Waals surface area contributed by atoms with Crippen LogP contribution in [0.1, 0.15) is 65.7 Å². The van der Waals surface area contributed by atoms with Crippen LogP contribution in [0.3, 0.4) is 0 Å². The van der Waals surface area contributed by atoms with Crippen molar-refractivity contribution in [3.63, 3.8) is 0 Å². The van der Waals surface area contributed by atoms with E-state index in [0.717, 1.165) is 30.8 Å². The van der Waals surface area contributed by atoms with Gasteiger partial charge in [0.1, 0.15) is 24.0 Å². The standard InChI is InChI=1S/C35H37FN4O4/c1-3-28(42)12-14-32(24(2)41)40-22-30-29(35(40)43)5-4-6-34(30)44-23-26-9-7-25(8-10-26)21-38-15-17-39(18-16-38)33-13-11-27(20-37)19-31(33)36/h4-11,13,19,32H,3,12,14-18,21-23H2,1-2H3. The summed E-state index contributed by atoms with van der Waals surface area (Å²) in [6.45, 7) is 7.69. The van der Waals surface area contributed by atoms with Gasteiger partial charge in [0, 0.05) is 56.7 Å². The van der Waals surface area contributed by atoms with E-state index in [1.165, 1.54) is 18.6 Å². The Morgan fingerprint density at radius 3 is 2.41 bits per heavy atom. The summed E-state index contributed by atoms with van der Waals surface area (Å²) in [5.74, 6) is 0.00176. The fourth-order valence-electron chi connectivity index (χ4n) is 5.91. The maximum Gasteiger partial charge on any atom is 0.255 e. The molecular weight excluding hydrogens is 559 g/mol. The van der Waals surface area contributed by atoms with E-state index >= 15 is 0 Å². The van der Waals surface area contributed by atoms with Crippen molar-refractivity contribution in [2.45, 2.75) is 58.8 Å². The van der Waals surface area contributed by atoms with Crippen molar-refractivity contribution in [1.82, 2.24) is 9.80 Å². The molecule has 1 fully saturated rings. The molecule has 0 bridgehead atoms. The van der Waals surface area contributed by atoms with Gasteiger partial charge < -0.3 is 14.5 Å². The van der Waals surface area contributed by atoms with E-state index in [0.29, 0.717) is 55.1 Å². The molecule has 0 N–H and O–H groups in total. The second kappa shape index (κ2) is 13.8. The summed E-state index contributed by atoms with van der Waals surface area (Å²) < 4.78 is 20.6. The summed E-state index contributed by atoms with van der Waals surface area (Å²) in [6, 6.07) is 19.6. The van der Waals surface area contributed by atoms with Crippen LogP contribution in [0, 0.1) is 17.1 Å². The van der Waals surface area contributed by atoms with E-state index in [4.69, 9.17) is 10.00 Å². The third-order valence-corrected chi connectivity index (χ3v) is 8.50. The summed E-state index contributed by atoms with van der Waals surface area (Å²) in [5.41, 5.74) is 4.33. The van der Waals surface area contributed by atoms with Crippen LogP contribution in [-0.4, -0.2) is 59.5 Å². The fraction of sp³-hybridized carbons (Fsp3) is 0.371. The second-order valence-electron chi connectivity index (χ2n) is 11.4. The largest absolute Gasteiger partial charge is 0.489 e. The van der Waals surface area contributed by atoms with Crippen molar-refractivity contribution in [3.05, 3.63) is 94.3 Å². The number of rotatable bonds is 12. The maximum atomic E-state index is 14.4. The number of hydrogen-bond acceptors (Lipinski definition) is 7. The minimum absolute atomic E-state index is 0.0781. The predicted octanol–water partition coefficient (Wildman–Crippen LogP) is 5.27. The smallest absolute Gasteiger partial charge is 0.255 e. The van der Waals surface area contributed by atoms with Crippen LogP contribution in [0.25, 0.3) is 0 Å². The first-order valence-electron chi connectivity index (χ1n) is 15.1. The Morgan fingerprint density at radius 1 is 1.02 bits per heavy atom. The lowest BCUT2D eigenvalue weighted by Gasteiger charge is -2.36. The molecule has 228 valence electrons. The number of carbonyl (C=O) groups is 3. The minimum Gasteiger partial charge on any atom is -0.489 e. The number of Topliss-reactive ketones (excluding diaryl/α,β-unsaturated/α-hetero) is 2. The van der Waals surface area contributed by atoms with Crippen molar-refractivity contribution < 1.29 is 23.5 Å². The number of ether oxygens (including phenoxy) is 1. The highest BCUT2D eigenvalue weighted by Crippen LogP contribution is 2.34. The molecule has 1 saturated heterocycles. The lowest BCUT2D eigenvalue weighted by Crippen LogP contribution is -2.46. The molecule has 2 aliphatic rings. The molecule has 1 atom stereocenters. The van der Waals surface area contributed by atoms with Gasteiger partial charge in [0.2, 0.25) is 0 Å². The normalized spacial score (nSPS) is 15.5. The molecule has 5 rings (SSSR count). The molecule has 0 aliphatic carbocycles. The first kappa shape index (κ1) is 30.9. The highest BCUT2D eigenvalue weighted by Gasteiger charge is 2.36. The van der Waals surface area contributed by atoms with Crippen LogP contribution in [0.2, 0.25) is 0 Å². The van der Waals surface area contributed by atoms with E-state index in [1.54, 1.807) is 36.1 Å². The van der Waals surface area contributed by atoms with Crippen LogP contribution in [-0.2, 0) is 29.3 Å². The Morgan fingerprint density at radius 2 is 1.75 bits per heavy atom. The van der Waals surface area contributed by atoms with Crippen LogP contribution < -0.4 is 9.64 Å². The lowest BCUT2D eigenvalue weighted by molar-refractivity contribution is -0.122. The molecule has 3 aromatic carbocycles. The van der Waals surface area contributed by atoms with E-state index in [1.807, 2.05) is 29.2 Å². The zero-order chi connectivity index (χ0) is 31.2. The summed E-state index contributed by atoms with van der Waals surface area (Å²) in [7, 11) is 0. The molecule has 0 radical (unpaired) electrons. The van der Waals surface area contributed by atoms with Crippen molar-refractivity contribution >= 4 is 23.2 Å². The van der Waals surface area contributed by atoms with Crippen LogP contribution >= 0.6 is 0 Å². The third kappa shape index (κ3) is 6.98. The number of piperazine rings is 1. The number of halogens is 1. The molecular formula is C35H37FN4O4. The van der Waals surface area contributed by atoms with Gasteiger partial charge in [-0.3, -0.25) is 19.3 Å². The molecule has 0 saturated carbocycles. The number of amides is 1. The summed E-state index contributed by atoms with van der Waals surface area (Å²) in [4.78, 5) is 43.4. The third-order valence-electron chi connectivity index (χ3n) is 8.50. The zero-order valence-electron chi connectivity index (χ0n) is 25.2. The van der Waals surface area contributed by atoms with Crippen molar-refractivity contribution in [2.24, 2.45) is 0 Å². The average molecular weight is 597 g/mol. The number of benzene rings is 3. The molecule has 0 aromatic heterocycles. The molecule has 2 heterocycles. The zero-order valence-corrected chi connectivity index (χ0v) is 25.2. The van der Waals surface area contributed by atoms with Gasteiger partial charge in [0.15, 0.2) is 5.78 Å². The average Bonchev–Trinajstić information content (AvgIpc) is 3.37. The fourth-order valence-corrected chi connectivity index (χ4v) is 5.91. The number of fused-ring (bicyclic) bond motifs is 1. The van der Waals surface area contributed by atoms with E-state index in [2.05, 4.69) is 17.0 Å². The predicted molar refractivity (Wildman–Crippen MR) is 165 cm³/mol. The number of anilines is 1. The van der Waals surface area contributed by atoms with Crippen molar-refractivity contribution in [1.29, 1.82) is 5.26 Å².